The number of hydrogen-bond acceptors (Lipinski definition) is 2. The van der Waals surface area contributed by atoms with E-state index in [-0.39, 0.29) is 6.16 Å². The SMILES string of the molecule is CC(C)N(C)Cc1ccc(CP(=O)(O)O)cc1. The molecule has 0 unspecified atom stereocenters. The molecule has 0 atom stereocenters. The average Bonchev–Trinajstić information content (AvgIpc) is 2.18. The highest BCUT2D eigenvalue weighted by atomic mass is 31.2. The van der Waals surface area contributed by atoms with Crippen molar-refractivity contribution in [3.8, 4) is 0 Å². The smallest absolute Gasteiger partial charge is 0.324 e. The zero-order chi connectivity index (χ0) is 13.1. The van der Waals surface area contributed by atoms with E-state index in [2.05, 4.69) is 18.7 Å². The monoisotopic (exact) mass is 257 g/mol. The van der Waals surface area contributed by atoms with Crippen LogP contribution in [0, 0.1) is 0 Å². The highest BCUT2D eigenvalue weighted by molar-refractivity contribution is 7.50. The first kappa shape index (κ1) is 14.4. The van der Waals surface area contributed by atoms with E-state index in [0.29, 0.717) is 11.6 Å². The van der Waals surface area contributed by atoms with E-state index in [1.165, 1.54) is 0 Å². The summed E-state index contributed by atoms with van der Waals surface area (Å²) < 4.78 is 10.8. The Morgan fingerprint density at radius 2 is 1.65 bits per heavy atom. The van der Waals surface area contributed by atoms with Gasteiger partial charge in [0, 0.05) is 12.6 Å². The fourth-order valence-electron chi connectivity index (χ4n) is 1.46. The van der Waals surface area contributed by atoms with E-state index in [1.807, 2.05) is 19.2 Å². The fraction of sp³-hybridized carbons (Fsp3) is 0.500. The van der Waals surface area contributed by atoms with Gasteiger partial charge in [-0.2, -0.15) is 0 Å². The van der Waals surface area contributed by atoms with Crippen LogP contribution in [0.2, 0.25) is 0 Å². The lowest BCUT2D eigenvalue weighted by Crippen LogP contribution is -2.25. The second kappa shape index (κ2) is 5.78. The van der Waals surface area contributed by atoms with Crippen molar-refractivity contribution in [1.29, 1.82) is 0 Å². The third-order valence-corrected chi connectivity index (χ3v) is 3.50. The first-order chi connectivity index (χ1) is 7.78. The van der Waals surface area contributed by atoms with Gasteiger partial charge in [0.15, 0.2) is 0 Å². The molecular formula is C12H20NO3P. The van der Waals surface area contributed by atoms with Crippen LogP contribution in [0.25, 0.3) is 0 Å². The minimum absolute atomic E-state index is 0.187. The first-order valence-electron chi connectivity index (χ1n) is 5.60. The Bertz CT molecular complexity index is 397. The molecule has 17 heavy (non-hydrogen) atoms. The van der Waals surface area contributed by atoms with Gasteiger partial charge < -0.3 is 9.79 Å². The van der Waals surface area contributed by atoms with Gasteiger partial charge in [-0.1, -0.05) is 24.3 Å². The van der Waals surface area contributed by atoms with E-state index < -0.39 is 7.60 Å². The molecule has 0 radical (unpaired) electrons. The van der Waals surface area contributed by atoms with Crippen LogP contribution in [-0.2, 0) is 17.3 Å². The van der Waals surface area contributed by atoms with E-state index in [0.717, 1.165) is 12.1 Å². The van der Waals surface area contributed by atoms with Crippen molar-refractivity contribution in [2.45, 2.75) is 32.6 Å². The zero-order valence-electron chi connectivity index (χ0n) is 10.5. The number of hydrogen-bond donors (Lipinski definition) is 2. The summed E-state index contributed by atoms with van der Waals surface area (Å²) >= 11 is 0. The third kappa shape index (κ3) is 5.46. The van der Waals surface area contributed by atoms with Gasteiger partial charge in [0.1, 0.15) is 0 Å². The van der Waals surface area contributed by atoms with Crippen molar-refractivity contribution in [1.82, 2.24) is 4.90 Å². The zero-order valence-corrected chi connectivity index (χ0v) is 11.4. The van der Waals surface area contributed by atoms with Crippen LogP contribution >= 0.6 is 7.60 Å². The number of rotatable bonds is 5. The Morgan fingerprint density at radius 3 is 2.06 bits per heavy atom. The van der Waals surface area contributed by atoms with Crippen LogP contribution in [0.4, 0.5) is 0 Å². The lowest BCUT2D eigenvalue weighted by atomic mass is 10.1. The molecule has 0 aromatic heterocycles. The van der Waals surface area contributed by atoms with E-state index in [9.17, 15) is 4.57 Å². The Labute approximate surface area is 102 Å². The van der Waals surface area contributed by atoms with E-state index >= 15 is 0 Å². The van der Waals surface area contributed by atoms with Crippen LogP contribution in [0.15, 0.2) is 24.3 Å². The third-order valence-electron chi connectivity index (χ3n) is 2.73. The average molecular weight is 257 g/mol. The second-order valence-corrected chi connectivity index (χ2v) is 6.29. The maximum atomic E-state index is 10.8. The van der Waals surface area contributed by atoms with Crippen LogP contribution in [0.3, 0.4) is 0 Å². The number of benzene rings is 1. The summed E-state index contributed by atoms with van der Waals surface area (Å²) in [6.07, 6.45) is -0.187. The van der Waals surface area contributed by atoms with Gasteiger partial charge in [-0.25, -0.2) is 0 Å². The predicted molar refractivity (Wildman–Crippen MR) is 68.8 cm³/mol. The van der Waals surface area contributed by atoms with Gasteiger partial charge in [0.25, 0.3) is 0 Å². The normalized spacial score (nSPS) is 12.4. The van der Waals surface area contributed by atoms with Crippen molar-refractivity contribution in [3.05, 3.63) is 35.4 Å². The Balaban J connectivity index is 2.65. The molecule has 1 aromatic rings. The molecule has 0 amide bonds. The summed E-state index contributed by atoms with van der Waals surface area (Å²) in [5, 5.41) is 0. The van der Waals surface area contributed by atoms with E-state index in [4.69, 9.17) is 9.79 Å². The number of nitrogens with zero attached hydrogens (tertiary/aromatic N) is 1. The summed E-state index contributed by atoms with van der Waals surface area (Å²) in [6.45, 7) is 5.10. The summed E-state index contributed by atoms with van der Waals surface area (Å²) in [7, 11) is -1.91. The minimum Gasteiger partial charge on any atom is -0.324 e. The highest BCUT2D eigenvalue weighted by Gasteiger charge is 2.13. The van der Waals surface area contributed by atoms with Gasteiger partial charge in [-0.3, -0.25) is 9.46 Å². The molecule has 0 aliphatic carbocycles. The second-order valence-electron chi connectivity index (χ2n) is 4.65. The molecule has 96 valence electrons. The molecule has 2 N–H and O–H groups in total. The molecule has 1 rings (SSSR count). The van der Waals surface area contributed by atoms with E-state index in [1.54, 1.807) is 12.1 Å². The largest absolute Gasteiger partial charge is 0.329 e. The molecule has 5 heteroatoms. The molecule has 4 nitrogen and oxygen atoms in total. The molecule has 0 saturated carbocycles. The molecule has 0 spiro atoms. The Kier molecular flexibility index (Phi) is 4.90. The lowest BCUT2D eigenvalue weighted by molar-refractivity contribution is 0.266. The molecule has 0 aliphatic rings. The Hall–Kier alpha value is -0.670. The standard InChI is InChI=1S/C12H20NO3P/c1-10(2)13(3)8-11-4-6-12(7-5-11)9-17(14,15)16/h4-7,10H,8-9H2,1-3H3,(H2,14,15,16). The first-order valence-corrected chi connectivity index (χ1v) is 7.40. The van der Waals surface area contributed by atoms with Crippen LogP contribution in [0.1, 0.15) is 25.0 Å². The van der Waals surface area contributed by atoms with Crippen LogP contribution < -0.4 is 0 Å². The topological polar surface area (TPSA) is 60.8 Å². The van der Waals surface area contributed by atoms with Gasteiger partial charge >= 0.3 is 7.60 Å². The van der Waals surface area contributed by atoms with Crippen molar-refractivity contribution in [3.63, 3.8) is 0 Å². The molecule has 0 heterocycles. The van der Waals surface area contributed by atoms with Gasteiger partial charge in [0.2, 0.25) is 0 Å². The summed E-state index contributed by atoms with van der Waals surface area (Å²) in [5.74, 6) is 0. The van der Waals surface area contributed by atoms with Crippen molar-refractivity contribution < 1.29 is 14.4 Å². The quantitative estimate of drug-likeness (QED) is 0.794. The van der Waals surface area contributed by atoms with Crippen molar-refractivity contribution in [2.75, 3.05) is 7.05 Å². The molecule has 0 saturated heterocycles. The molecule has 0 fully saturated rings. The summed E-state index contributed by atoms with van der Waals surface area (Å²) in [5.41, 5.74) is 1.82. The van der Waals surface area contributed by atoms with Gasteiger partial charge in [-0.15, -0.1) is 0 Å². The van der Waals surface area contributed by atoms with Crippen LogP contribution in [-0.4, -0.2) is 27.8 Å². The molecular weight excluding hydrogens is 237 g/mol. The summed E-state index contributed by atoms with van der Waals surface area (Å²) in [6, 6.07) is 7.88. The van der Waals surface area contributed by atoms with Crippen molar-refractivity contribution >= 4 is 7.60 Å². The highest BCUT2D eigenvalue weighted by Crippen LogP contribution is 2.38. The van der Waals surface area contributed by atoms with Crippen molar-refractivity contribution in [2.24, 2.45) is 0 Å². The maximum absolute atomic E-state index is 10.8. The van der Waals surface area contributed by atoms with Crippen LogP contribution in [0.5, 0.6) is 0 Å². The van der Waals surface area contributed by atoms with Gasteiger partial charge in [0.05, 0.1) is 6.16 Å². The molecule has 0 bridgehead atoms. The predicted octanol–water partition coefficient (Wildman–Crippen LogP) is 2.20. The summed E-state index contributed by atoms with van der Waals surface area (Å²) in [4.78, 5) is 19.9. The lowest BCUT2D eigenvalue weighted by Gasteiger charge is -2.21. The Morgan fingerprint density at radius 1 is 1.18 bits per heavy atom. The maximum Gasteiger partial charge on any atom is 0.329 e. The fourth-order valence-corrected chi connectivity index (χ4v) is 2.14. The molecule has 1 aromatic carbocycles. The van der Waals surface area contributed by atoms with Gasteiger partial charge in [-0.05, 0) is 32.0 Å². The minimum atomic E-state index is -3.96. The molecule has 0 aliphatic heterocycles.